The van der Waals surface area contributed by atoms with Crippen molar-refractivity contribution < 1.29 is 14.3 Å². The molecule has 0 saturated carbocycles. The molecule has 2 rings (SSSR count). The number of aryl methyl sites for hydroxylation is 3. The topological polar surface area (TPSA) is 75.4 Å². The van der Waals surface area contributed by atoms with Gasteiger partial charge in [0.2, 0.25) is 0 Å². The molecule has 1 unspecified atom stereocenters. The van der Waals surface area contributed by atoms with E-state index in [1.807, 2.05) is 26.8 Å². The lowest BCUT2D eigenvalue weighted by Gasteiger charge is -2.16. The Balaban J connectivity index is 2.33. The van der Waals surface area contributed by atoms with Gasteiger partial charge in [0.05, 0.1) is 6.04 Å². The van der Waals surface area contributed by atoms with Crippen molar-refractivity contribution in [3.8, 4) is 0 Å². The lowest BCUT2D eigenvalue weighted by molar-refractivity contribution is 0.0696. The van der Waals surface area contributed by atoms with Crippen LogP contribution in [0.15, 0.2) is 22.7 Å². The summed E-state index contributed by atoms with van der Waals surface area (Å²) in [5.74, 6) is 1.06. The lowest BCUT2D eigenvalue weighted by Crippen LogP contribution is -2.13. The predicted molar refractivity (Wildman–Crippen MR) is 76.2 cm³/mol. The number of aromatic nitrogens is 1. The van der Waals surface area contributed by atoms with Crippen molar-refractivity contribution in [3.05, 3.63) is 46.5 Å². The van der Waals surface area contributed by atoms with E-state index in [1.54, 1.807) is 19.2 Å². The van der Waals surface area contributed by atoms with Gasteiger partial charge in [-0.2, -0.15) is 0 Å². The number of carboxylic acid groups (broad SMARTS) is 1. The van der Waals surface area contributed by atoms with Gasteiger partial charge in [0.25, 0.3) is 0 Å². The minimum Gasteiger partial charge on any atom is -0.478 e. The fourth-order valence-corrected chi connectivity index (χ4v) is 2.30. The van der Waals surface area contributed by atoms with Crippen LogP contribution in [0.5, 0.6) is 0 Å². The largest absolute Gasteiger partial charge is 0.478 e. The summed E-state index contributed by atoms with van der Waals surface area (Å²) in [6.07, 6.45) is 1.60. The number of carbonyl (C=O) groups is 1. The highest BCUT2D eigenvalue weighted by molar-refractivity contribution is 5.94. The Morgan fingerprint density at radius 2 is 2.10 bits per heavy atom. The van der Waals surface area contributed by atoms with Crippen LogP contribution in [0, 0.1) is 20.8 Å². The minimum atomic E-state index is -0.981. The van der Waals surface area contributed by atoms with Crippen molar-refractivity contribution in [1.29, 1.82) is 0 Å². The number of carboxylic acids is 1. The van der Waals surface area contributed by atoms with Crippen LogP contribution in [0.1, 0.15) is 46.0 Å². The Bertz CT molecular complexity index is 647. The van der Waals surface area contributed by atoms with Gasteiger partial charge in [0.15, 0.2) is 0 Å². The molecule has 20 heavy (non-hydrogen) atoms. The first-order valence-corrected chi connectivity index (χ1v) is 6.42. The molecule has 2 aromatic rings. The van der Waals surface area contributed by atoms with Crippen molar-refractivity contribution in [2.75, 3.05) is 5.32 Å². The Morgan fingerprint density at radius 3 is 2.65 bits per heavy atom. The van der Waals surface area contributed by atoms with Crippen molar-refractivity contribution in [2.24, 2.45) is 0 Å². The molecule has 5 heteroatoms. The molecule has 0 aliphatic rings. The van der Waals surface area contributed by atoms with E-state index < -0.39 is 5.97 Å². The molecule has 0 amide bonds. The van der Waals surface area contributed by atoms with Crippen LogP contribution in [0.25, 0.3) is 0 Å². The summed E-state index contributed by atoms with van der Waals surface area (Å²) in [4.78, 5) is 15.5. The van der Waals surface area contributed by atoms with Gasteiger partial charge in [-0.3, -0.25) is 0 Å². The van der Waals surface area contributed by atoms with E-state index in [0.717, 1.165) is 17.1 Å². The van der Waals surface area contributed by atoms with Crippen LogP contribution in [0.2, 0.25) is 0 Å². The second-order valence-electron chi connectivity index (χ2n) is 4.89. The zero-order valence-electron chi connectivity index (χ0n) is 12.0. The van der Waals surface area contributed by atoms with Gasteiger partial charge >= 0.3 is 5.97 Å². The maximum absolute atomic E-state index is 11.3. The van der Waals surface area contributed by atoms with E-state index in [0.29, 0.717) is 11.4 Å². The van der Waals surface area contributed by atoms with Crippen molar-refractivity contribution in [1.82, 2.24) is 4.98 Å². The summed E-state index contributed by atoms with van der Waals surface area (Å²) < 4.78 is 5.50. The number of aromatic carboxylic acids is 1. The second kappa shape index (κ2) is 5.36. The molecule has 0 aliphatic heterocycles. The van der Waals surface area contributed by atoms with Gasteiger partial charge < -0.3 is 14.8 Å². The van der Waals surface area contributed by atoms with Crippen molar-refractivity contribution in [2.45, 2.75) is 33.7 Å². The van der Waals surface area contributed by atoms with E-state index in [2.05, 4.69) is 10.3 Å². The monoisotopic (exact) mass is 274 g/mol. The number of hydrogen-bond donors (Lipinski definition) is 2. The fraction of sp³-hybridized carbons (Fsp3) is 0.333. The van der Waals surface area contributed by atoms with Crippen molar-refractivity contribution >= 4 is 11.8 Å². The van der Waals surface area contributed by atoms with Gasteiger partial charge in [0, 0.05) is 11.8 Å². The number of furan rings is 1. The highest BCUT2D eigenvalue weighted by Crippen LogP contribution is 2.26. The van der Waals surface area contributed by atoms with Crippen LogP contribution in [0.4, 0.5) is 5.82 Å². The smallest absolute Gasteiger partial charge is 0.339 e. The van der Waals surface area contributed by atoms with Gasteiger partial charge in [-0.1, -0.05) is 0 Å². The molecule has 2 N–H and O–H groups in total. The Labute approximate surface area is 117 Å². The molecule has 0 aromatic carbocycles. The molecular formula is C15H18N2O3. The molecule has 0 bridgehead atoms. The van der Waals surface area contributed by atoms with E-state index in [-0.39, 0.29) is 11.6 Å². The number of anilines is 1. The van der Waals surface area contributed by atoms with E-state index in [4.69, 9.17) is 4.42 Å². The zero-order valence-corrected chi connectivity index (χ0v) is 12.0. The summed E-state index contributed by atoms with van der Waals surface area (Å²) in [6.45, 7) is 7.49. The molecule has 5 nitrogen and oxygen atoms in total. The summed E-state index contributed by atoms with van der Waals surface area (Å²) >= 11 is 0. The number of pyridine rings is 1. The summed E-state index contributed by atoms with van der Waals surface area (Å²) in [6, 6.07) is 3.55. The molecule has 2 heterocycles. The third-order valence-electron chi connectivity index (χ3n) is 3.27. The fourth-order valence-electron chi connectivity index (χ4n) is 2.30. The first kappa shape index (κ1) is 14.1. The van der Waals surface area contributed by atoms with Crippen LogP contribution in [0.3, 0.4) is 0 Å². The second-order valence-corrected chi connectivity index (χ2v) is 4.89. The number of rotatable bonds is 4. The number of hydrogen-bond acceptors (Lipinski definition) is 4. The molecule has 0 radical (unpaired) electrons. The first-order valence-electron chi connectivity index (χ1n) is 6.42. The third-order valence-corrected chi connectivity index (χ3v) is 3.27. The summed E-state index contributed by atoms with van der Waals surface area (Å²) in [5, 5.41) is 12.4. The maximum atomic E-state index is 11.3. The van der Waals surface area contributed by atoms with Crippen LogP contribution in [-0.4, -0.2) is 16.1 Å². The number of nitrogens with one attached hydrogen (secondary N) is 1. The van der Waals surface area contributed by atoms with Crippen LogP contribution in [-0.2, 0) is 0 Å². The Morgan fingerprint density at radius 1 is 1.40 bits per heavy atom. The molecule has 0 aliphatic carbocycles. The molecule has 0 saturated heterocycles. The van der Waals surface area contributed by atoms with Crippen LogP contribution < -0.4 is 5.32 Å². The quantitative estimate of drug-likeness (QED) is 0.892. The van der Waals surface area contributed by atoms with Gasteiger partial charge in [0.1, 0.15) is 22.9 Å². The summed E-state index contributed by atoms with van der Waals surface area (Å²) in [5.41, 5.74) is 1.89. The minimum absolute atomic E-state index is 0.0835. The molecule has 2 aromatic heterocycles. The molecule has 0 spiro atoms. The number of nitrogens with zero attached hydrogens (tertiary/aromatic N) is 1. The lowest BCUT2D eigenvalue weighted by atomic mass is 10.1. The highest BCUT2D eigenvalue weighted by atomic mass is 16.4. The molecule has 1 atom stereocenters. The van der Waals surface area contributed by atoms with Crippen molar-refractivity contribution in [3.63, 3.8) is 0 Å². The SMILES string of the molecule is Cc1cc(C(C)Nc2nccc(C)c2C(=O)O)c(C)o1. The average molecular weight is 274 g/mol. The molecule has 106 valence electrons. The van der Waals surface area contributed by atoms with E-state index in [1.165, 1.54) is 0 Å². The first-order chi connectivity index (χ1) is 9.40. The summed E-state index contributed by atoms with van der Waals surface area (Å²) in [7, 11) is 0. The Kier molecular flexibility index (Phi) is 3.79. The van der Waals surface area contributed by atoms with E-state index in [9.17, 15) is 9.90 Å². The van der Waals surface area contributed by atoms with Gasteiger partial charge in [-0.15, -0.1) is 0 Å². The molecular weight excluding hydrogens is 256 g/mol. The maximum Gasteiger partial charge on any atom is 0.339 e. The standard InChI is InChI=1S/C15H18N2O3/c1-8-5-6-16-14(13(8)15(18)19)17-10(3)12-7-9(2)20-11(12)4/h5-7,10H,1-4H3,(H,16,17)(H,18,19). The Hall–Kier alpha value is -2.30. The third kappa shape index (κ3) is 2.66. The average Bonchev–Trinajstić information content (AvgIpc) is 2.68. The molecule has 0 fully saturated rings. The van der Waals surface area contributed by atoms with Gasteiger partial charge in [-0.25, -0.2) is 9.78 Å². The van der Waals surface area contributed by atoms with Crippen LogP contribution >= 0.6 is 0 Å². The normalized spacial score (nSPS) is 12.2. The predicted octanol–water partition coefficient (Wildman–Crippen LogP) is 3.47. The highest BCUT2D eigenvalue weighted by Gasteiger charge is 2.18. The van der Waals surface area contributed by atoms with Gasteiger partial charge in [-0.05, 0) is 45.4 Å². The zero-order chi connectivity index (χ0) is 14.9. The van der Waals surface area contributed by atoms with E-state index >= 15 is 0 Å².